The molecule has 1 aliphatic rings. The largest absolute Gasteiger partial charge is 0.458 e. The number of likely N-dealkylation sites (tertiary alicyclic amines) is 1. The number of ether oxygens (including phenoxy) is 3. The van der Waals surface area contributed by atoms with Crippen molar-refractivity contribution in [1.82, 2.24) is 4.90 Å². The van der Waals surface area contributed by atoms with Crippen molar-refractivity contribution in [2.24, 2.45) is 0 Å². The van der Waals surface area contributed by atoms with E-state index < -0.39 is 11.7 Å². The van der Waals surface area contributed by atoms with Crippen molar-refractivity contribution >= 4 is 12.1 Å². The molecule has 0 saturated carbocycles. The number of carbonyl (C=O) groups is 2. The predicted octanol–water partition coefficient (Wildman–Crippen LogP) is 1.57. The van der Waals surface area contributed by atoms with Gasteiger partial charge in [-0.3, -0.25) is 0 Å². The number of hydrogen-bond donors (Lipinski definition) is 0. The normalized spacial score (nSPS) is 21.1. The van der Waals surface area contributed by atoms with Gasteiger partial charge in [-0.2, -0.15) is 0 Å². The Kier molecular flexibility index (Phi) is 5.17. The summed E-state index contributed by atoms with van der Waals surface area (Å²) in [6, 6.07) is 0. The predicted molar refractivity (Wildman–Crippen MR) is 68.8 cm³/mol. The Morgan fingerprint density at radius 2 is 1.95 bits per heavy atom. The third-order valence-electron chi connectivity index (χ3n) is 2.71. The highest BCUT2D eigenvalue weighted by Crippen LogP contribution is 2.17. The Morgan fingerprint density at radius 1 is 1.32 bits per heavy atom. The van der Waals surface area contributed by atoms with E-state index in [1.807, 2.05) is 20.8 Å². The van der Waals surface area contributed by atoms with Crippen LogP contribution in [0.3, 0.4) is 0 Å². The van der Waals surface area contributed by atoms with Gasteiger partial charge in [0.1, 0.15) is 5.60 Å². The molecule has 6 nitrogen and oxygen atoms in total. The lowest BCUT2D eigenvalue weighted by Gasteiger charge is -2.24. The van der Waals surface area contributed by atoms with Crippen LogP contribution in [0.5, 0.6) is 0 Å². The molecule has 1 saturated heterocycles. The third-order valence-corrected chi connectivity index (χ3v) is 2.71. The molecule has 0 bridgehead atoms. The highest BCUT2D eigenvalue weighted by molar-refractivity contribution is 5.74. The number of amides is 1. The van der Waals surface area contributed by atoms with Crippen LogP contribution in [0.2, 0.25) is 0 Å². The average molecular weight is 273 g/mol. The Bertz CT molecular complexity index is 336. The Labute approximate surface area is 114 Å². The second-order valence-electron chi connectivity index (χ2n) is 5.64. The maximum absolute atomic E-state index is 11.8. The standard InChI is InChI=1S/C13H23NO5/c1-9(11(15)19-13(2,3)4)18-10-6-7-14(8-10)12(16)17-5/h9-10H,6-8H2,1-5H3/t9?,10-/m0/s1. The van der Waals surface area contributed by atoms with E-state index in [0.29, 0.717) is 19.5 Å². The van der Waals surface area contributed by atoms with E-state index in [0.717, 1.165) is 0 Å². The zero-order chi connectivity index (χ0) is 14.6. The van der Waals surface area contributed by atoms with Crippen molar-refractivity contribution in [3.8, 4) is 0 Å². The number of nitrogens with zero attached hydrogens (tertiary/aromatic N) is 1. The maximum Gasteiger partial charge on any atom is 0.409 e. The fraction of sp³-hybridized carbons (Fsp3) is 0.846. The van der Waals surface area contributed by atoms with Gasteiger partial charge in [0, 0.05) is 6.54 Å². The fourth-order valence-electron chi connectivity index (χ4n) is 1.86. The molecule has 1 aliphatic heterocycles. The number of hydrogen-bond acceptors (Lipinski definition) is 5. The summed E-state index contributed by atoms with van der Waals surface area (Å²) in [4.78, 5) is 24.7. The monoisotopic (exact) mass is 273 g/mol. The Morgan fingerprint density at radius 3 is 2.47 bits per heavy atom. The van der Waals surface area contributed by atoms with Crippen LogP contribution >= 0.6 is 0 Å². The van der Waals surface area contributed by atoms with Crippen LogP contribution < -0.4 is 0 Å². The van der Waals surface area contributed by atoms with Crippen molar-refractivity contribution in [3.63, 3.8) is 0 Å². The van der Waals surface area contributed by atoms with Gasteiger partial charge >= 0.3 is 12.1 Å². The molecule has 1 fully saturated rings. The minimum absolute atomic E-state index is 0.151. The molecular formula is C13H23NO5. The van der Waals surface area contributed by atoms with E-state index in [-0.39, 0.29) is 18.2 Å². The number of carbonyl (C=O) groups excluding carboxylic acids is 2. The Balaban J connectivity index is 2.40. The summed E-state index contributed by atoms with van der Waals surface area (Å²) in [5.41, 5.74) is -0.525. The molecule has 0 aromatic rings. The first kappa shape index (κ1) is 15.8. The lowest BCUT2D eigenvalue weighted by molar-refractivity contribution is -0.170. The summed E-state index contributed by atoms with van der Waals surface area (Å²) in [7, 11) is 1.35. The second-order valence-corrected chi connectivity index (χ2v) is 5.64. The van der Waals surface area contributed by atoms with Gasteiger partial charge in [-0.1, -0.05) is 0 Å². The number of methoxy groups -OCH3 is 1. The molecule has 1 unspecified atom stereocenters. The van der Waals surface area contributed by atoms with Crippen LogP contribution in [0.1, 0.15) is 34.1 Å². The smallest absolute Gasteiger partial charge is 0.409 e. The van der Waals surface area contributed by atoms with Gasteiger partial charge in [-0.25, -0.2) is 9.59 Å². The van der Waals surface area contributed by atoms with Gasteiger partial charge < -0.3 is 19.1 Å². The minimum atomic E-state index is -0.637. The molecule has 1 amide bonds. The molecule has 2 atom stereocenters. The van der Waals surface area contributed by atoms with E-state index >= 15 is 0 Å². The van der Waals surface area contributed by atoms with Crippen molar-refractivity contribution in [2.45, 2.75) is 51.9 Å². The van der Waals surface area contributed by atoms with Crippen LogP contribution in [-0.2, 0) is 19.0 Å². The van der Waals surface area contributed by atoms with Gasteiger partial charge in [0.05, 0.1) is 19.8 Å². The van der Waals surface area contributed by atoms with Gasteiger partial charge in [-0.15, -0.1) is 0 Å². The third kappa shape index (κ3) is 5.06. The summed E-state index contributed by atoms with van der Waals surface area (Å²) in [5, 5.41) is 0. The first-order chi connectivity index (χ1) is 8.73. The molecule has 110 valence electrons. The van der Waals surface area contributed by atoms with Gasteiger partial charge in [-0.05, 0) is 34.1 Å². The number of esters is 1. The van der Waals surface area contributed by atoms with Gasteiger partial charge in [0.25, 0.3) is 0 Å². The van der Waals surface area contributed by atoms with Crippen LogP contribution in [0.15, 0.2) is 0 Å². The van der Waals surface area contributed by atoms with E-state index in [2.05, 4.69) is 4.74 Å². The topological polar surface area (TPSA) is 65.1 Å². The van der Waals surface area contributed by atoms with Crippen LogP contribution in [0.4, 0.5) is 4.79 Å². The molecule has 6 heteroatoms. The zero-order valence-electron chi connectivity index (χ0n) is 12.3. The van der Waals surface area contributed by atoms with E-state index in [4.69, 9.17) is 9.47 Å². The van der Waals surface area contributed by atoms with Crippen LogP contribution in [0.25, 0.3) is 0 Å². The highest BCUT2D eigenvalue weighted by atomic mass is 16.6. The van der Waals surface area contributed by atoms with Crippen molar-refractivity contribution < 1.29 is 23.8 Å². The molecule has 0 aromatic heterocycles. The molecular weight excluding hydrogens is 250 g/mol. The zero-order valence-corrected chi connectivity index (χ0v) is 12.3. The van der Waals surface area contributed by atoms with E-state index in [1.54, 1.807) is 11.8 Å². The highest BCUT2D eigenvalue weighted by Gasteiger charge is 2.31. The second kappa shape index (κ2) is 6.23. The molecule has 0 aliphatic carbocycles. The van der Waals surface area contributed by atoms with Crippen LogP contribution in [0, 0.1) is 0 Å². The van der Waals surface area contributed by atoms with Crippen molar-refractivity contribution in [1.29, 1.82) is 0 Å². The quantitative estimate of drug-likeness (QED) is 0.730. The lowest BCUT2D eigenvalue weighted by atomic mass is 10.2. The number of rotatable bonds is 3. The lowest BCUT2D eigenvalue weighted by Crippen LogP contribution is -2.35. The molecule has 0 aromatic carbocycles. The fourth-order valence-corrected chi connectivity index (χ4v) is 1.86. The van der Waals surface area contributed by atoms with E-state index in [1.165, 1.54) is 7.11 Å². The van der Waals surface area contributed by atoms with Gasteiger partial charge in [0.2, 0.25) is 0 Å². The van der Waals surface area contributed by atoms with Gasteiger partial charge in [0.15, 0.2) is 6.10 Å². The maximum atomic E-state index is 11.8. The molecule has 1 heterocycles. The molecule has 0 spiro atoms. The average Bonchev–Trinajstić information content (AvgIpc) is 2.74. The van der Waals surface area contributed by atoms with E-state index in [9.17, 15) is 9.59 Å². The summed E-state index contributed by atoms with van der Waals surface area (Å²) in [5.74, 6) is -0.385. The first-order valence-electron chi connectivity index (χ1n) is 6.44. The Hall–Kier alpha value is -1.30. The molecule has 1 rings (SSSR count). The first-order valence-corrected chi connectivity index (χ1v) is 6.44. The summed E-state index contributed by atoms with van der Waals surface area (Å²) in [6.07, 6.45) is -0.457. The summed E-state index contributed by atoms with van der Waals surface area (Å²) < 4.78 is 15.5. The van der Waals surface area contributed by atoms with Crippen molar-refractivity contribution in [2.75, 3.05) is 20.2 Å². The molecule has 0 radical (unpaired) electrons. The molecule has 19 heavy (non-hydrogen) atoms. The molecule has 0 N–H and O–H groups in total. The SMILES string of the molecule is COC(=O)N1CC[C@H](OC(C)C(=O)OC(C)(C)C)C1. The van der Waals surface area contributed by atoms with Crippen molar-refractivity contribution in [3.05, 3.63) is 0 Å². The van der Waals surface area contributed by atoms with Crippen LogP contribution in [-0.4, -0.2) is 55.0 Å². The summed E-state index contributed by atoms with van der Waals surface area (Å²) in [6.45, 7) is 8.12. The minimum Gasteiger partial charge on any atom is -0.458 e. The summed E-state index contributed by atoms with van der Waals surface area (Å²) >= 11 is 0.